The van der Waals surface area contributed by atoms with E-state index in [0.717, 1.165) is 29.7 Å². The zero-order valence-electron chi connectivity index (χ0n) is 10.3. The van der Waals surface area contributed by atoms with Gasteiger partial charge in [-0.1, -0.05) is 0 Å². The van der Waals surface area contributed by atoms with E-state index in [2.05, 4.69) is 4.98 Å². The predicted molar refractivity (Wildman–Crippen MR) is 66.6 cm³/mol. The predicted octanol–water partition coefficient (Wildman–Crippen LogP) is 1.68. The maximum absolute atomic E-state index is 13.3. The van der Waals surface area contributed by atoms with Crippen LogP contribution in [0, 0.1) is 5.82 Å². The molecule has 1 fully saturated rings. The lowest BCUT2D eigenvalue weighted by molar-refractivity contribution is 0.0484. The van der Waals surface area contributed by atoms with Gasteiger partial charge >= 0.3 is 0 Å². The highest BCUT2D eigenvalue weighted by Gasteiger charge is 2.34. The van der Waals surface area contributed by atoms with Gasteiger partial charge in [0.25, 0.3) is 0 Å². The Morgan fingerprint density at radius 3 is 2.83 bits per heavy atom. The molecule has 0 radical (unpaired) electrons. The fourth-order valence-corrected chi connectivity index (χ4v) is 2.57. The summed E-state index contributed by atoms with van der Waals surface area (Å²) >= 11 is 0. The van der Waals surface area contributed by atoms with Crippen molar-refractivity contribution in [3.63, 3.8) is 0 Å². The molecule has 1 aromatic carbocycles. The third-order valence-corrected chi connectivity index (χ3v) is 3.67. The zero-order chi connectivity index (χ0) is 12.8. The Kier molecular flexibility index (Phi) is 2.60. The number of fused-ring (bicyclic) bond motifs is 1. The van der Waals surface area contributed by atoms with Crippen molar-refractivity contribution < 1.29 is 9.13 Å². The molecule has 3 rings (SSSR count). The van der Waals surface area contributed by atoms with Crippen LogP contribution in [0.25, 0.3) is 11.0 Å². The number of aromatic nitrogens is 2. The van der Waals surface area contributed by atoms with Crippen molar-refractivity contribution in [1.29, 1.82) is 0 Å². The number of imidazole rings is 1. The molecule has 2 aromatic rings. The second kappa shape index (κ2) is 4.03. The topological polar surface area (TPSA) is 53.1 Å². The Morgan fingerprint density at radius 2 is 2.11 bits per heavy atom. The molecule has 0 spiro atoms. The van der Waals surface area contributed by atoms with Crippen molar-refractivity contribution in [2.24, 2.45) is 12.8 Å². The molecule has 5 heteroatoms. The van der Waals surface area contributed by atoms with Crippen LogP contribution in [-0.4, -0.2) is 22.8 Å². The molecule has 0 saturated carbocycles. The third kappa shape index (κ3) is 1.71. The Labute approximate surface area is 105 Å². The van der Waals surface area contributed by atoms with Crippen LogP contribution in [0.2, 0.25) is 0 Å². The van der Waals surface area contributed by atoms with Gasteiger partial charge in [0, 0.05) is 20.3 Å². The van der Waals surface area contributed by atoms with Gasteiger partial charge in [-0.15, -0.1) is 0 Å². The molecule has 1 saturated heterocycles. The van der Waals surface area contributed by atoms with Crippen LogP contribution in [0.1, 0.15) is 18.7 Å². The first-order valence-electron chi connectivity index (χ1n) is 6.09. The molecule has 2 N–H and O–H groups in total. The number of ether oxygens (including phenoxy) is 1. The number of nitrogens with zero attached hydrogens (tertiary/aromatic N) is 2. The SMILES string of the molecule is Cn1c(C2(N)CCOCC2)nc2ccc(F)cc21. The average molecular weight is 249 g/mol. The molecule has 0 atom stereocenters. The number of benzene rings is 1. The van der Waals surface area contributed by atoms with Gasteiger partial charge in [0.1, 0.15) is 11.6 Å². The average Bonchev–Trinajstić information content (AvgIpc) is 2.68. The Bertz CT molecular complexity index is 587. The summed E-state index contributed by atoms with van der Waals surface area (Å²) in [4.78, 5) is 4.56. The number of nitrogens with two attached hydrogens (primary N) is 1. The van der Waals surface area contributed by atoms with Crippen molar-refractivity contribution in [2.45, 2.75) is 18.4 Å². The molecule has 1 aliphatic rings. The van der Waals surface area contributed by atoms with Gasteiger partial charge in [-0.05, 0) is 31.0 Å². The quantitative estimate of drug-likeness (QED) is 0.836. The van der Waals surface area contributed by atoms with Crippen molar-refractivity contribution in [1.82, 2.24) is 9.55 Å². The van der Waals surface area contributed by atoms with Crippen LogP contribution >= 0.6 is 0 Å². The monoisotopic (exact) mass is 249 g/mol. The molecule has 96 valence electrons. The molecular formula is C13H16FN3O. The van der Waals surface area contributed by atoms with E-state index in [4.69, 9.17) is 10.5 Å². The largest absolute Gasteiger partial charge is 0.381 e. The van der Waals surface area contributed by atoms with Crippen LogP contribution in [0.3, 0.4) is 0 Å². The van der Waals surface area contributed by atoms with E-state index >= 15 is 0 Å². The highest BCUT2D eigenvalue weighted by Crippen LogP contribution is 2.30. The second-order valence-corrected chi connectivity index (χ2v) is 4.90. The van der Waals surface area contributed by atoms with E-state index in [1.54, 1.807) is 6.07 Å². The number of rotatable bonds is 1. The van der Waals surface area contributed by atoms with Crippen molar-refractivity contribution in [3.05, 3.63) is 29.8 Å². The van der Waals surface area contributed by atoms with Crippen LogP contribution in [0.4, 0.5) is 4.39 Å². The molecule has 1 aromatic heterocycles. The van der Waals surface area contributed by atoms with Gasteiger partial charge in [0.15, 0.2) is 0 Å². The summed E-state index contributed by atoms with van der Waals surface area (Å²) in [5.74, 6) is 0.557. The molecule has 1 aliphatic heterocycles. The van der Waals surface area contributed by atoms with Gasteiger partial charge in [-0.25, -0.2) is 9.37 Å². The maximum Gasteiger partial charge on any atom is 0.129 e. The van der Waals surface area contributed by atoms with E-state index < -0.39 is 5.54 Å². The second-order valence-electron chi connectivity index (χ2n) is 4.90. The fourth-order valence-electron chi connectivity index (χ4n) is 2.57. The van der Waals surface area contributed by atoms with Crippen LogP contribution in [0.15, 0.2) is 18.2 Å². The summed E-state index contributed by atoms with van der Waals surface area (Å²) < 4.78 is 20.5. The number of halogens is 1. The first-order chi connectivity index (χ1) is 8.60. The minimum absolute atomic E-state index is 0.255. The molecule has 18 heavy (non-hydrogen) atoms. The fraction of sp³-hybridized carbons (Fsp3) is 0.462. The van der Waals surface area contributed by atoms with E-state index in [9.17, 15) is 4.39 Å². The molecule has 0 unspecified atom stereocenters. The molecular weight excluding hydrogens is 233 g/mol. The smallest absolute Gasteiger partial charge is 0.129 e. The summed E-state index contributed by atoms with van der Waals surface area (Å²) in [6, 6.07) is 4.61. The first kappa shape index (κ1) is 11.6. The minimum atomic E-state index is -0.470. The highest BCUT2D eigenvalue weighted by molar-refractivity contribution is 5.76. The molecule has 0 aliphatic carbocycles. The Hall–Kier alpha value is -1.46. The van der Waals surface area contributed by atoms with Crippen molar-refractivity contribution in [2.75, 3.05) is 13.2 Å². The van der Waals surface area contributed by atoms with Gasteiger partial charge < -0.3 is 15.0 Å². The number of aryl methyl sites for hydroxylation is 1. The molecule has 0 amide bonds. The van der Waals surface area contributed by atoms with Crippen molar-refractivity contribution >= 4 is 11.0 Å². The lowest BCUT2D eigenvalue weighted by atomic mass is 9.90. The standard InChI is InChI=1S/C13H16FN3O/c1-17-11-8-9(14)2-3-10(11)16-12(17)13(15)4-6-18-7-5-13/h2-3,8H,4-7,15H2,1H3. The third-order valence-electron chi connectivity index (χ3n) is 3.67. The molecule has 0 bridgehead atoms. The van der Waals surface area contributed by atoms with Gasteiger partial charge in [0.2, 0.25) is 0 Å². The van der Waals surface area contributed by atoms with Gasteiger partial charge in [-0.2, -0.15) is 0 Å². The molecule has 2 heterocycles. The first-order valence-corrected chi connectivity index (χ1v) is 6.09. The highest BCUT2D eigenvalue weighted by atomic mass is 19.1. The summed E-state index contributed by atoms with van der Waals surface area (Å²) in [5, 5.41) is 0. The number of hydrogen-bond donors (Lipinski definition) is 1. The summed E-state index contributed by atoms with van der Waals surface area (Å²) in [6.45, 7) is 1.29. The van der Waals surface area contributed by atoms with Crippen LogP contribution in [-0.2, 0) is 17.3 Å². The summed E-state index contributed by atoms with van der Waals surface area (Å²) in [7, 11) is 1.88. The van der Waals surface area contributed by atoms with Crippen LogP contribution < -0.4 is 5.73 Å². The van der Waals surface area contributed by atoms with Gasteiger partial charge in [0.05, 0.1) is 16.6 Å². The maximum atomic E-state index is 13.3. The zero-order valence-corrected chi connectivity index (χ0v) is 10.3. The minimum Gasteiger partial charge on any atom is -0.381 e. The Morgan fingerprint density at radius 1 is 1.39 bits per heavy atom. The normalized spacial score (nSPS) is 19.3. The van der Waals surface area contributed by atoms with E-state index in [1.165, 1.54) is 12.1 Å². The van der Waals surface area contributed by atoms with Crippen LogP contribution in [0.5, 0.6) is 0 Å². The molecule has 4 nitrogen and oxygen atoms in total. The lowest BCUT2D eigenvalue weighted by Gasteiger charge is -2.32. The van der Waals surface area contributed by atoms with E-state index in [1.807, 2.05) is 11.6 Å². The lowest BCUT2D eigenvalue weighted by Crippen LogP contribution is -2.44. The summed E-state index contributed by atoms with van der Waals surface area (Å²) in [6.07, 6.45) is 1.49. The van der Waals surface area contributed by atoms with Gasteiger partial charge in [-0.3, -0.25) is 0 Å². The number of hydrogen-bond acceptors (Lipinski definition) is 3. The Balaban J connectivity index is 2.14. The van der Waals surface area contributed by atoms with E-state index in [-0.39, 0.29) is 5.82 Å². The van der Waals surface area contributed by atoms with E-state index in [0.29, 0.717) is 13.2 Å². The van der Waals surface area contributed by atoms with Crippen molar-refractivity contribution in [3.8, 4) is 0 Å². The summed E-state index contributed by atoms with van der Waals surface area (Å²) in [5.41, 5.74) is 7.52.